The summed E-state index contributed by atoms with van der Waals surface area (Å²) in [5.41, 5.74) is 0.489. The Morgan fingerprint density at radius 1 is 1.20 bits per heavy atom. The Labute approximate surface area is 136 Å². The zero-order valence-electron chi connectivity index (χ0n) is 9.76. The first-order chi connectivity index (χ1) is 9.27. The summed E-state index contributed by atoms with van der Waals surface area (Å²) < 4.78 is 23.8. The zero-order valence-corrected chi connectivity index (χ0v) is 14.6. The topological polar surface area (TPSA) is 89.3 Å². The lowest BCUT2D eigenvalue weighted by atomic mass is 10.3. The average molecular weight is 440 g/mol. The molecular formula is C11H8Br2N2O3S2. The number of halogens is 2. The summed E-state index contributed by atoms with van der Waals surface area (Å²) >= 11 is 7.91. The molecule has 0 spiro atoms. The van der Waals surface area contributed by atoms with Gasteiger partial charge in [-0.05, 0) is 62.2 Å². The van der Waals surface area contributed by atoms with Gasteiger partial charge in [-0.2, -0.15) is 0 Å². The summed E-state index contributed by atoms with van der Waals surface area (Å²) in [6.45, 7) is 0. The second-order valence-corrected chi connectivity index (χ2v) is 8.54. The van der Waals surface area contributed by atoms with Crippen LogP contribution in [0.4, 0.5) is 5.69 Å². The zero-order chi connectivity index (χ0) is 14.9. The van der Waals surface area contributed by atoms with Gasteiger partial charge in [0.15, 0.2) is 0 Å². The Morgan fingerprint density at radius 3 is 2.25 bits per heavy atom. The van der Waals surface area contributed by atoms with Crippen LogP contribution in [-0.2, 0) is 10.0 Å². The smallest absolute Gasteiger partial charge is 0.265 e. The van der Waals surface area contributed by atoms with Gasteiger partial charge in [-0.3, -0.25) is 4.79 Å². The molecule has 2 rings (SSSR count). The van der Waals surface area contributed by atoms with Crippen molar-refractivity contribution in [3.63, 3.8) is 0 Å². The SMILES string of the molecule is NS(=O)(=O)c1ccc(NC(=O)c2cc(Br)c(Br)s2)cc1. The lowest BCUT2D eigenvalue weighted by Crippen LogP contribution is -2.13. The van der Waals surface area contributed by atoms with Crippen molar-refractivity contribution >= 4 is 64.8 Å². The number of carbonyl (C=O) groups is 1. The van der Waals surface area contributed by atoms with E-state index in [1.807, 2.05) is 0 Å². The molecule has 0 aliphatic carbocycles. The van der Waals surface area contributed by atoms with Crippen molar-refractivity contribution in [1.82, 2.24) is 0 Å². The lowest BCUT2D eigenvalue weighted by molar-refractivity contribution is 0.103. The van der Waals surface area contributed by atoms with E-state index in [1.54, 1.807) is 6.07 Å². The van der Waals surface area contributed by atoms with Crippen LogP contribution < -0.4 is 10.5 Å². The second kappa shape index (κ2) is 5.94. The predicted octanol–water partition coefficient (Wildman–Crippen LogP) is 3.17. The fourth-order valence-electron chi connectivity index (χ4n) is 1.38. The summed E-state index contributed by atoms with van der Waals surface area (Å²) in [7, 11) is -3.73. The van der Waals surface area contributed by atoms with Gasteiger partial charge in [-0.1, -0.05) is 0 Å². The van der Waals surface area contributed by atoms with Crippen LogP contribution in [0, 0.1) is 0 Å². The molecule has 2 aromatic rings. The molecule has 3 N–H and O–H groups in total. The number of benzene rings is 1. The van der Waals surface area contributed by atoms with Crippen LogP contribution in [0.3, 0.4) is 0 Å². The maximum Gasteiger partial charge on any atom is 0.265 e. The van der Waals surface area contributed by atoms with Crippen LogP contribution in [0.25, 0.3) is 0 Å². The number of nitrogens with two attached hydrogens (primary N) is 1. The summed E-state index contributed by atoms with van der Waals surface area (Å²) in [6.07, 6.45) is 0. The normalized spacial score (nSPS) is 11.3. The van der Waals surface area contributed by atoms with Crippen LogP contribution in [0.15, 0.2) is 43.5 Å². The van der Waals surface area contributed by atoms with Gasteiger partial charge in [0, 0.05) is 10.2 Å². The molecule has 0 fully saturated rings. The number of carbonyl (C=O) groups excluding carboxylic acids is 1. The Morgan fingerprint density at radius 2 is 1.80 bits per heavy atom. The largest absolute Gasteiger partial charge is 0.321 e. The fraction of sp³-hybridized carbons (Fsp3) is 0. The van der Waals surface area contributed by atoms with Crippen LogP contribution in [0.2, 0.25) is 0 Å². The molecule has 1 aromatic heterocycles. The molecule has 106 valence electrons. The number of hydrogen-bond acceptors (Lipinski definition) is 4. The molecule has 5 nitrogen and oxygen atoms in total. The molecule has 0 aliphatic rings. The minimum Gasteiger partial charge on any atom is -0.321 e. The van der Waals surface area contributed by atoms with Gasteiger partial charge in [0.05, 0.1) is 13.6 Å². The van der Waals surface area contributed by atoms with Crippen LogP contribution in [-0.4, -0.2) is 14.3 Å². The molecular weight excluding hydrogens is 432 g/mol. The molecule has 9 heteroatoms. The van der Waals surface area contributed by atoms with Gasteiger partial charge in [-0.25, -0.2) is 13.6 Å². The molecule has 1 aromatic carbocycles. The van der Waals surface area contributed by atoms with E-state index in [2.05, 4.69) is 37.2 Å². The van der Waals surface area contributed by atoms with Crippen molar-refractivity contribution in [3.8, 4) is 0 Å². The van der Waals surface area contributed by atoms with Crippen molar-refractivity contribution in [1.29, 1.82) is 0 Å². The molecule has 0 atom stereocenters. The third kappa shape index (κ3) is 3.67. The maximum atomic E-state index is 12.0. The molecule has 0 saturated carbocycles. The fourth-order valence-corrected chi connectivity index (χ4v) is 3.83. The monoisotopic (exact) mass is 438 g/mol. The van der Waals surface area contributed by atoms with Crippen LogP contribution in [0.1, 0.15) is 9.67 Å². The standard InChI is InChI=1S/C11H8Br2N2O3S2/c12-8-5-9(19-10(8)13)11(16)15-6-1-3-7(4-2-6)20(14,17)18/h1-5H,(H,15,16)(H2,14,17,18). The highest BCUT2D eigenvalue weighted by Crippen LogP contribution is 2.32. The second-order valence-electron chi connectivity index (χ2n) is 3.76. The highest BCUT2D eigenvalue weighted by molar-refractivity contribution is 9.13. The molecule has 1 heterocycles. The Hall–Kier alpha value is -0.740. The number of thiophene rings is 1. The maximum absolute atomic E-state index is 12.0. The van der Waals surface area contributed by atoms with E-state index in [9.17, 15) is 13.2 Å². The predicted molar refractivity (Wildman–Crippen MR) is 85.5 cm³/mol. The summed E-state index contributed by atoms with van der Waals surface area (Å²) in [5, 5.41) is 7.67. The van der Waals surface area contributed by atoms with Crippen molar-refractivity contribution in [2.24, 2.45) is 5.14 Å². The van der Waals surface area contributed by atoms with Crippen LogP contribution >= 0.6 is 43.2 Å². The van der Waals surface area contributed by atoms with E-state index in [-0.39, 0.29) is 10.8 Å². The highest BCUT2D eigenvalue weighted by atomic mass is 79.9. The summed E-state index contributed by atoms with van der Waals surface area (Å²) in [5.74, 6) is -0.273. The lowest BCUT2D eigenvalue weighted by Gasteiger charge is -2.04. The first kappa shape index (κ1) is 15.6. The van der Waals surface area contributed by atoms with Gasteiger partial charge in [-0.15, -0.1) is 11.3 Å². The molecule has 0 bridgehead atoms. The first-order valence-electron chi connectivity index (χ1n) is 5.16. The van der Waals surface area contributed by atoms with Crippen molar-refractivity contribution in [2.45, 2.75) is 4.90 Å². The molecule has 0 radical (unpaired) electrons. The quantitative estimate of drug-likeness (QED) is 0.769. The van der Waals surface area contributed by atoms with Gasteiger partial charge >= 0.3 is 0 Å². The molecule has 0 saturated heterocycles. The third-order valence-electron chi connectivity index (χ3n) is 2.31. The van der Waals surface area contributed by atoms with Gasteiger partial charge in [0.1, 0.15) is 0 Å². The van der Waals surface area contributed by atoms with Gasteiger partial charge < -0.3 is 5.32 Å². The van der Waals surface area contributed by atoms with E-state index in [4.69, 9.17) is 5.14 Å². The van der Waals surface area contributed by atoms with Gasteiger partial charge in [0.25, 0.3) is 5.91 Å². The number of amides is 1. The summed E-state index contributed by atoms with van der Waals surface area (Å²) in [4.78, 5) is 12.5. The minimum atomic E-state index is -3.73. The third-order valence-corrected chi connectivity index (χ3v) is 6.49. The number of nitrogens with one attached hydrogen (secondary N) is 1. The molecule has 0 aliphatic heterocycles. The van der Waals surface area contributed by atoms with E-state index >= 15 is 0 Å². The minimum absolute atomic E-state index is 0.00267. The van der Waals surface area contributed by atoms with Gasteiger partial charge in [0.2, 0.25) is 10.0 Å². The number of hydrogen-bond donors (Lipinski definition) is 2. The molecule has 0 unspecified atom stereocenters. The van der Waals surface area contributed by atoms with E-state index in [1.165, 1.54) is 35.6 Å². The number of anilines is 1. The van der Waals surface area contributed by atoms with E-state index in [0.717, 1.165) is 8.26 Å². The van der Waals surface area contributed by atoms with Crippen molar-refractivity contribution in [2.75, 3.05) is 5.32 Å². The van der Waals surface area contributed by atoms with Crippen molar-refractivity contribution < 1.29 is 13.2 Å². The molecule has 20 heavy (non-hydrogen) atoms. The van der Waals surface area contributed by atoms with E-state index < -0.39 is 10.0 Å². The first-order valence-corrected chi connectivity index (χ1v) is 9.11. The number of primary sulfonamides is 1. The molecule has 1 amide bonds. The van der Waals surface area contributed by atoms with Crippen molar-refractivity contribution in [3.05, 3.63) is 43.5 Å². The van der Waals surface area contributed by atoms with Crippen LogP contribution in [0.5, 0.6) is 0 Å². The Bertz CT molecular complexity index is 735. The Kier molecular flexibility index (Phi) is 4.65. The Balaban J connectivity index is 2.16. The average Bonchev–Trinajstić information content (AvgIpc) is 2.69. The number of rotatable bonds is 3. The van der Waals surface area contributed by atoms with E-state index in [0.29, 0.717) is 10.6 Å². The summed E-state index contributed by atoms with van der Waals surface area (Å²) in [6, 6.07) is 7.34. The highest BCUT2D eigenvalue weighted by Gasteiger charge is 2.13. The number of sulfonamides is 1.